The largest absolute Gasteiger partial charge is 0.496 e. The fourth-order valence-corrected chi connectivity index (χ4v) is 2.22. The van der Waals surface area contributed by atoms with Gasteiger partial charge in [0.1, 0.15) is 5.75 Å². The van der Waals surface area contributed by atoms with Crippen LogP contribution in [-0.2, 0) is 0 Å². The van der Waals surface area contributed by atoms with Crippen LogP contribution < -0.4 is 10.1 Å². The van der Waals surface area contributed by atoms with Crippen LogP contribution >= 0.6 is 11.6 Å². The number of benzene rings is 1. The van der Waals surface area contributed by atoms with Gasteiger partial charge in [0.2, 0.25) is 0 Å². The highest BCUT2D eigenvalue weighted by Crippen LogP contribution is 2.24. The Morgan fingerprint density at radius 1 is 1.39 bits per heavy atom. The molecule has 4 nitrogen and oxygen atoms in total. The van der Waals surface area contributed by atoms with Gasteiger partial charge in [0.05, 0.1) is 12.7 Å². The van der Waals surface area contributed by atoms with Crippen LogP contribution in [0.15, 0.2) is 18.2 Å². The van der Waals surface area contributed by atoms with Crippen LogP contribution in [0.4, 0.5) is 0 Å². The molecule has 1 saturated heterocycles. The lowest BCUT2D eigenvalue weighted by atomic mass is 10.1. The van der Waals surface area contributed by atoms with E-state index in [1.54, 1.807) is 25.3 Å². The Balaban J connectivity index is 2.21. The maximum atomic E-state index is 12.4. The minimum absolute atomic E-state index is 0.00668. The first-order valence-corrected chi connectivity index (χ1v) is 6.43. The first kappa shape index (κ1) is 13.2. The molecule has 1 N–H and O–H groups in total. The molecule has 1 aromatic rings. The Kier molecular flexibility index (Phi) is 4.44. The molecule has 5 heteroatoms. The van der Waals surface area contributed by atoms with E-state index in [9.17, 15) is 4.79 Å². The normalized spacial score (nSPS) is 16.2. The Morgan fingerprint density at radius 2 is 2.22 bits per heavy atom. The second-order valence-electron chi connectivity index (χ2n) is 4.24. The molecule has 0 aromatic heterocycles. The number of rotatable bonds is 2. The third kappa shape index (κ3) is 2.94. The standard InChI is InChI=1S/C13H17ClN2O2/c1-18-12-9-10(14)3-4-11(12)13(17)16-7-2-5-15-6-8-16/h3-4,9,15H,2,5-8H2,1H3. The van der Waals surface area contributed by atoms with Crippen LogP contribution in [0.5, 0.6) is 5.75 Å². The highest BCUT2D eigenvalue weighted by atomic mass is 35.5. The summed E-state index contributed by atoms with van der Waals surface area (Å²) in [5.41, 5.74) is 0.573. The molecular formula is C13H17ClN2O2. The first-order chi connectivity index (χ1) is 8.72. The van der Waals surface area contributed by atoms with Crippen molar-refractivity contribution in [2.45, 2.75) is 6.42 Å². The van der Waals surface area contributed by atoms with Crippen molar-refractivity contribution in [2.75, 3.05) is 33.3 Å². The van der Waals surface area contributed by atoms with Crippen molar-refractivity contribution in [3.8, 4) is 5.75 Å². The van der Waals surface area contributed by atoms with Gasteiger partial charge in [-0.15, -0.1) is 0 Å². The van der Waals surface area contributed by atoms with E-state index in [-0.39, 0.29) is 5.91 Å². The van der Waals surface area contributed by atoms with E-state index in [1.807, 2.05) is 4.90 Å². The van der Waals surface area contributed by atoms with Crippen molar-refractivity contribution >= 4 is 17.5 Å². The number of ether oxygens (including phenoxy) is 1. The molecule has 1 fully saturated rings. The topological polar surface area (TPSA) is 41.6 Å². The second-order valence-corrected chi connectivity index (χ2v) is 4.68. The van der Waals surface area contributed by atoms with E-state index in [0.717, 1.165) is 32.6 Å². The summed E-state index contributed by atoms with van der Waals surface area (Å²) in [6.45, 7) is 3.30. The maximum absolute atomic E-state index is 12.4. The summed E-state index contributed by atoms with van der Waals surface area (Å²) in [6.07, 6.45) is 0.974. The first-order valence-electron chi connectivity index (χ1n) is 6.06. The zero-order chi connectivity index (χ0) is 13.0. The van der Waals surface area contributed by atoms with Crippen molar-refractivity contribution in [1.82, 2.24) is 10.2 Å². The van der Waals surface area contributed by atoms with E-state index in [4.69, 9.17) is 16.3 Å². The van der Waals surface area contributed by atoms with Crippen LogP contribution in [0.2, 0.25) is 5.02 Å². The molecule has 1 amide bonds. The molecule has 98 valence electrons. The molecule has 0 spiro atoms. The molecule has 0 atom stereocenters. The van der Waals surface area contributed by atoms with E-state index in [0.29, 0.717) is 16.3 Å². The van der Waals surface area contributed by atoms with Crippen LogP contribution in [0, 0.1) is 0 Å². The van der Waals surface area contributed by atoms with Crippen molar-refractivity contribution < 1.29 is 9.53 Å². The van der Waals surface area contributed by atoms with Gasteiger partial charge >= 0.3 is 0 Å². The third-order valence-electron chi connectivity index (χ3n) is 3.02. The number of nitrogens with one attached hydrogen (secondary N) is 1. The summed E-state index contributed by atoms with van der Waals surface area (Å²) >= 11 is 5.90. The Bertz CT molecular complexity index is 429. The van der Waals surface area contributed by atoms with Crippen molar-refractivity contribution in [3.63, 3.8) is 0 Å². The SMILES string of the molecule is COc1cc(Cl)ccc1C(=O)N1CCCNCC1. The second kappa shape index (κ2) is 6.07. The minimum atomic E-state index is 0.00668. The summed E-state index contributed by atoms with van der Waals surface area (Å²) < 4.78 is 5.22. The van der Waals surface area contributed by atoms with Gasteiger partial charge in [-0.25, -0.2) is 0 Å². The lowest BCUT2D eigenvalue weighted by molar-refractivity contribution is 0.0763. The summed E-state index contributed by atoms with van der Waals surface area (Å²) in [5, 5.41) is 3.85. The number of hydrogen-bond acceptors (Lipinski definition) is 3. The van der Waals surface area contributed by atoms with Crippen molar-refractivity contribution in [3.05, 3.63) is 28.8 Å². The monoisotopic (exact) mass is 268 g/mol. The Hall–Kier alpha value is -1.26. The number of methoxy groups -OCH3 is 1. The number of nitrogens with zero attached hydrogens (tertiary/aromatic N) is 1. The molecule has 0 bridgehead atoms. The van der Waals surface area contributed by atoms with Gasteiger partial charge in [0.15, 0.2) is 0 Å². The van der Waals surface area contributed by atoms with Gasteiger partial charge in [-0.05, 0) is 31.2 Å². The summed E-state index contributed by atoms with van der Waals surface area (Å²) in [6, 6.07) is 5.11. The number of carbonyl (C=O) groups excluding carboxylic acids is 1. The van der Waals surface area contributed by atoms with E-state index < -0.39 is 0 Å². The zero-order valence-electron chi connectivity index (χ0n) is 10.4. The molecule has 18 heavy (non-hydrogen) atoms. The fraction of sp³-hybridized carbons (Fsp3) is 0.462. The number of halogens is 1. The van der Waals surface area contributed by atoms with E-state index in [1.165, 1.54) is 0 Å². The van der Waals surface area contributed by atoms with Gasteiger partial charge in [0, 0.05) is 24.7 Å². The molecule has 1 aliphatic heterocycles. The number of amides is 1. The smallest absolute Gasteiger partial charge is 0.257 e. The minimum Gasteiger partial charge on any atom is -0.496 e. The lowest BCUT2D eigenvalue weighted by Crippen LogP contribution is -2.34. The molecule has 1 heterocycles. The summed E-state index contributed by atoms with van der Waals surface area (Å²) in [4.78, 5) is 14.3. The van der Waals surface area contributed by atoms with Crippen LogP contribution in [0.1, 0.15) is 16.8 Å². The highest BCUT2D eigenvalue weighted by molar-refractivity contribution is 6.30. The molecule has 0 unspecified atom stereocenters. The van der Waals surface area contributed by atoms with Crippen LogP contribution in [0.25, 0.3) is 0 Å². The molecule has 0 radical (unpaired) electrons. The summed E-state index contributed by atoms with van der Waals surface area (Å²) in [7, 11) is 1.55. The van der Waals surface area contributed by atoms with E-state index >= 15 is 0 Å². The predicted molar refractivity (Wildman–Crippen MR) is 71.4 cm³/mol. The fourth-order valence-electron chi connectivity index (χ4n) is 2.06. The van der Waals surface area contributed by atoms with Crippen LogP contribution in [-0.4, -0.2) is 44.1 Å². The molecule has 1 aliphatic rings. The van der Waals surface area contributed by atoms with Gasteiger partial charge in [-0.2, -0.15) is 0 Å². The van der Waals surface area contributed by atoms with E-state index in [2.05, 4.69) is 5.32 Å². The summed E-state index contributed by atoms with van der Waals surface area (Å²) in [5.74, 6) is 0.539. The molecule has 0 saturated carbocycles. The molecule has 2 rings (SSSR count). The maximum Gasteiger partial charge on any atom is 0.257 e. The van der Waals surface area contributed by atoms with Gasteiger partial charge in [-0.3, -0.25) is 4.79 Å². The Morgan fingerprint density at radius 3 is 3.00 bits per heavy atom. The zero-order valence-corrected chi connectivity index (χ0v) is 11.2. The lowest BCUT2D eigenvalue weighted by Gasteiger charge is -2.21. The van der Waals surface area contributed by atoms with Gasteiger partial charge < -0.3 is 15.0 Å². The van der Waals surface area contributed by atoms with Crippen molar-refractivity contribution in [1.29, 1.82) is 0 Å². The van der Waals surface area contributed by atoms with Gasteiger partial charge in [-0.1, -0.05) is 11.6 Å². The molecule has 0 aliphatic carbocycles. The average molecular weight is 269 g/mol. The highest BCUT2D eigenvalue weighted by Gasteiger charge is 2.20. The van der Waals surface area contributed by atoms with Crippen molar-refractivity contribution in [2.24, 2.45) is 0 Å². The van der Waals surface area contributed by atoms with Gasteiger partial charge in [0.25, 0.3) is 5.91 Å². The molecular weight excluding hydrogens is 252 g/mol. The molecule has 1 aromatic carbocycles. The number of hydrogen-bond donors (Lipinski definition) is 1. The Labute approximate surface area is 112 Å². The third-order valence-corrected chi connectivity index (χ3v) is 3.26. The average Bonchev–Trinajstić information content (AvgIpc) is 2.66. The number of carbonyl (C=O) groups is 1. The predicted octanol–water partition coefficient (Wildman–Crippen LogP) is 1.78. The van der Waals surface area contributed by atoms with Crippen LogP contribution in [0.3, 0.4) is 0 Å². The quantitative estimate of drug-likeness (QED) is 0.889.